The summed E-state index contributed by atoms with van der Waals surface area (Å²) >= 11 is 0. The van der Waals surface area contributed by atoms with Crippen LogP contribution in [0.1, 0.15) is 0 Å². The lowest BCUT2D eigenvalue weighted by Crippen LogP contribution is -2.45. The Morgan fingerprint density at radius 2 is 2.42 bits per heavy atom. The van der Waals surface area contributed by atoms with Crippen molar-refractivity contribution in [3.05, 3.63) is 0 Å². The van der Waals surface area contributed by atoms with Crippen LogP contribution in [0.2, 0.25) is 0 Å². The maximum atomic E-state index is 10.8. The van der Waals surface area contributed by atoms with Crippen LogP contribution in [0.5, 0.6) is 0 Å². The third-order valence-electron chi connectivity index (χ3n) is 1.66. The molecule has 1 aliphatic rings. The molecule has 0 aliphatic carbocycles. The number of aliphatic carboxylic acids is 1. The zero-order valence-corrected chi connectivity index (χ0v) is 6.52. The standard InChI is InChI=1S/C6H9N3O3/c1-9-2-3(5(10)11)4(7)8-6(9)12/h3H,2H2,1H3,(H,10,11)(H2,7,8,12). The number of aliphatic imine (C=N–C) groups is 1. The number of carbonyl (C=O) groups excluding carboxylic acids is 1. The second kappa shape index (κ2) is 2.80. The number of amidine groups is 1. The molecule has 2 amide bonds. The van der Waals surface area contributed by atoms with E-state index in [1.54, 1.807) is 0 Å². The minimum Gasteiger partial charge on any atom is -0.481 e. The zero-order chi connectivity index (χ0) is 9.30. The van der Waals surface area contributed by atoms with E-state index in [1.165, 1.54) is 11.9 Å². The van der Waals surface area contributed by atoms with Crippen molar-refractivity contribution in [2.45, 2.75) is 0 Å². The molecule has 6 nitrogen and oxygen atoms in total. The number of urea groups is 1. The fourth-order valence-electron chi connectivity index (χ4n) is 0.924. The number of rotatable bonds is 1. The third-order valence-corrected chi connectivity index (χ3v) is 1.66. The smallest absolute Gasteiger partial charge is 0.344 e. The first-order chi connectivity index (χ1) is 5.52. The fraction of sp³-hybridized carbons (Fsp3) is 0.500. The van der Waals surface area contributed by atoms with Crippen LogP contribution in [0.15, 0.2) is 4.99 Å². The normalized spacial score (nSPS) is 23.8. The fourth-order valence-corrected chi connectivity index (χ4v) is 0.924. The molecule has 1 heterocycles. The molecular weight excluding hydrogens is 162 g/mol. The summed E-state index contributed by atoms with van der Waals surface area (Å²) in [5.41, 5.74) is 5.25. The summed E-state index contributed by atoms with van der Waals surface area (Å²) < 4.78 is 0. The van der Waals surface area contributed by atoms with Gasteiger partial charge in [0.15, 0.2) is 0 Å². The van der Waals surface area contributed by atoms with Crippen molar-refractivity contribution in [1.82, 2.24) is 4.90 Å². The first kappa shape index (κ1) is 8.51. The number of nitrogens with two attached hydrogens (primary N) is 1. The van der Waals surface area contributed by atoms with Gasteiger partial charge in [-0.25, -0.2) is 4.79 Å². The summed E-state index contributed by atoms with van der Waals surface area (Å²) in [6.07, 6.45) is 0. The molecule has 0 fully saturated rings. The predicted octanol–water partition coefficient (Wildman–Crippen LogP) is -0.890. The first-order valence-electron chi connectivity index (χ1n) is 3.34. The van der Waals surface area contributed by atoms with Gasteiger partial charge in [-0.3, -0.25) is 4.79 Å². The van der Waals surface area contributed by atoms with Crippen LogP contribution in [-0.2, 0) is 4.79 Å². The second-order valence-corrected chi connectivity index (χ2v) is 2.59. The van der Waals surface area contributed by atoms with Crippen molar-refractivity contribution in [3.8, 4) is 0 Å². The van der Waals surface area contributed by atoms with Crippen molar-refractivity contribution in [1.29, 1.82) is 0 Å². The lowest BCUT2D eigenvalue weighted by Gasteiger charge is -2.23. The van der Waals surface area contributed by atoms with E-state index in [0.717, 1.165) is 0 Å². The highest BCUT2D eigenvalue weighted by molar-refractivity contribution is 6.06. The molecule has 3 N–H and O–H groups in total. The van der Waals surface area contributed by atoms with E-state index >= 15 is 0 Å². The quantitative estimate of drug-likeness (QED) is 0.534. The van der Waals surface area contributed by atoms with E-state index in [0.29, 0.717) is 0 Å². The average molecular weight is 171 g/mol. The van der Waals surface area contributed by atoms with Crippen LogP contribution >= 0.6 is 0 Å². The molecule has 0 saturated carbocycles. The largest absolute Gasteiger partial charge is 0.481 e. The van der Waals surface area contributed by atoms with Crippen LogP contribution in [0, 0.1) is 5.92 Å². The van der Waals surface area contributed by atoms with Crippen molar-refractivity contribution in [2.24, 2.45) is 16.6 Å². The molecule has 0 radical (unpaired) electrons. The zero-order valence-electron chi connectivity index (χ0n) is 6.52. The summed E-state index contributed by atoms with van der Waals surface area (Å²) in [6, 6.07) is -0.495. The lowest BCUT2D eigenvalue weighted by atomic mass is 10.1. The average Bonchev–Trinajstić information content (AvgIpc) is 1.96. The van der Waals surface area contributed by atoms with Crippen LogP contribution in [0.4, 0.5) is 4.79 Å². The summed E-state index contributed by atoms with van der Waals surface area (Å²) in [5.74, 6) is -2.05. The van der Waals surface area contributed by atoms with Gasteiger partial charge in [0.25, 0.3) is 0 Å². The Labute approximate surface area is 68.7 Å². The molecule has 0 bridgehead atoms. The molecule has 0 spiro atoms. The molecule has 1 aliphatic heterocycles. The maximum absolute atomic E-state index is 10.8. The monoisotopic (exact) mass is 171 g/mol. The van der Waals surface area contributed by atoms with Crippen LogP contribution in [0.3, 0.4) is 0 Å². The Kier molecular flexibility index (Phi) is 1.99. The van der Waals surface area contributed by atoms with E-state index in [1.807, 2.05) is 0 Å². The van der Waals surface area contributed by atoms with Crippen molar-refractivity contribution in [3.63, 3.8) is 0 Å². The number of hydrogen-bond acceptors (Lipinski definition) is 3. The number of hydrogen-bond donors (Lipinski definition) is 2. The first-order valence-corrected chi connectivity index (χ1v) is 3.34. The van der Waals surface area contributed by atoms with Gasteiger partial charge in [0, 0.05) is 13.6 Å². The number of carbonyl (C=O) groups is 2. The molecule has 1 rings (SSSR count). The molecular formula is C6H9N3O3. The van der Waals surface area contributed by atoms with Gasteiger partial charge >= 0.3 is 12.0 Å². The Morgan fingerprint density at radius 1 is 1.83 bits per heavy atom. The van der Waals surface area contributed by atoms with Gasteiger partial charge in [0.1, 0.15) is 11.8 Å². The molecule has 66 valence electrons. The van der Waals surface area contributed by atoms with E-state index in [-0.39, 0.29) is 12.4 Å². The van der Waals surface area contributed by atoms with E-state index in [9.17, 15) is 9.59 Å². The highest BCUT2D eigenvalue weighted by Crippen LogP contribution is 2.07. The van der Waals surface area contributed by atoms with Gasteiger partial charge in [-0.15, -0.1) is 0 Å². The molecule has 1 atom stereocenters. The Hall–Kier alpha value is -1.59. The molecule has 12 heavy (non-hydrogen) atoms. The summed E-state index contributed by atoms with van der Waals surface area (Å²) in [4.78, 5) is 25.9. The topological polar surface area (TPSA) is 96.0 Å². The highest BCUT2D eigenvalue weighted by Gasteiger charge is 2.30. The summed E-state index contributed by atoms with van der Waals surface area (Å²) in [6.45, 7) is 0.0868. The van der Waals surface area contributed by atoms with E-state index in [2.05, 4.69) is 4.99 Å². The number of amides is 2. The van der Waals surface area contributed by atoms with E-state index in [4.69, 9.17) is 10.8 Å². The van der Waals surface area contributed by atoms with Crippen LogP contribution in [0.25, 0.3) is 0 Å². The van der Waals surface area contributed by atoms with Gasteiger partial charge in [0.2, 0.25) is 0 Å². The predicted molar refractivity (Wildman–Crippen MR) is 40.8 cm³/mol. The van der Waals surface area contributed by atoms with Crippen molar-refractivity contribution in [2.75, 3.05) is 13.6 Å². The lowest BCUT2D eigenvalue weighted by molar-refractivity contribution is -0.139. The van der Waals surface area contributed by atoms with Crippen LogP contribution in [-0.4, -0.2) is 41.4 Å². The number of carboxylic acids is 1. The molecule has 0 aromatic carbocycles. The second-order valence-electron chi connectivity index (χ2n) is 2.59. The minimum absolute atomic E-state index is 0.0868. The number of carboxylic acid groups (broad SMARTS) is 1. The summed E-state index contributed by atoms with van der Waals surface area (Å²) in [7, 11) is 1.48. The van der Waals surface area contributed by atoms with Gasteiger partial charge in [-0.1, -0.05) is 0 Å². The van der Waals surface area contributed by atoms with E-state index < -0.39 is 17.9 Å². The third kappa shape index (κ3) is 1.36. The Balaban J connectivity index is 2.88. The molecule has 0 aromatic heterocycles. The summed E-state index contributed by atoms with van der Waals surface area (Å²) in [5, 5.41) is 8.61. The number of nitrogens with zero attached hydrogens (tertiary/aromatic N) is 2. The van der Waals surface area contributed by atoms with Crippen molar-refractivity contribution >= 4 is 17.8 Å². The Morgan fingerprint density at radius 3 is 2.92 bits per heavy atom. The van der Waals surface area contributed by atoms with Gasteiger partial charge in [-0.2, -0.15) is 4.99 Å². The molecule has 1 unspecified atom stereocenters. The Bertz CT molecular complexity index is 261. The molecule has 0 aromatic rings. The maximum Gasteiger partial charge on any atom is 0.344 e. The molecule has 6 heteroatoms. The van der Waals surface area contributed by atoms with Gasteiger partial charge in [-0.05, 0) is 0 Å². The highest BCUT2D eigenvalue weighted by atomic mass is 16.4. The van der Waals surface area contributed by atoms with Crippen molar-refractivity contribution < 1.29 is 14.7 Å². The SMILES string of the molecule is CN1CC(C(=O)O)C(N)=NC1=O. The van der Waals surface area contributed by atoms with Gasteiger partial charge < -0.3 is 15.7 Å². The molecule has 0 saturated heterocycles. The van der Waals surface area contributed by atoms with Crippen LogP contribution < -0.4 is 5.73 Å². The minimum atomic E-state index is -1.06. The van der Waals surface area contributed by atoms with Gasteiger partial charge in [0.05, 0.1) is 0 Å².